The molecule has 28 heavy (non-hydrogen) atoms. The van der Waals surface area contributed by atoms with E-state index < -0.39 is 0 Å². The monoisotopic (exact) mass is 393 g/mol. The molecule has 0 heterocycles. The van der Waals surface area contributed by atoms with E-state index in [-0.39, 0.29) is 11.8 Å². The van der Waals surface area contributed by atoms with Gasteiger partial charge in [0.2, 0.25) is 0 Å². The lowest BCUT2D eigenvalue weighted by Gasteiger charge is -2.20. The molecule has 0 spiro atoms. The zero-order valence-corrected chi connectivity index (χ0v) is 16.9. The first-order valence-corrected chi connectivity index (χ1v) is 9.75. The van der Waals surface area contributed by atoms with Gasteiger partial charge in [0.1, 0.15) is 5.75 Å². The Kier molecular flexibility index (Phi) is 6.72. The lowest BCUT2D eigenvalue weighted by molar-refractivity contribution is 0.0976. The van der Waals surface area contributed by atoms with Crippen molar-refractivity contribution in [1.29, 1.82) is 0 Å². The fourth-order valence-corrected chi connectivity index (χ4v) is 3.19. The van der Waals surface area contributed by atoms with Gasteiger partial charge in [-0.2, -0.15) is 0 Å². The average Bonchev–Trinajstić information content (AvgIpc) is 2.74. The molecule has 0 fully saturated rings. The number of aryl methyl sites for hydroxylation is 1. The predicted molar refractivity (Wildman–Crippen MR) is 116 cm³/mol. The maximum absolute atomic E-state index is 12.8. The Bertz CT molecular complexity index is 903. The molecule has 1 unspecified atom stereocenters. The molecule has 0 aromatic heterocycles. The number of hydrogen-bond donors (Lipinski definition) is 1. The molecule has 3 aromatic carbocycles. The number of ketones is 1. The average molecular weight is 394 g/mol. The molecule has 4 heteroatoms. The minimum absolute atomic E-state index is 0.0650. The van der Waals surface area contributed by atoms with Crippen molar-refractivity contribution >= 4 is 23.1 Å². The van der Waals surface area contributed by atoms with Gasteiger partial charge in [0.15, 0.2) is 5.78 Å². The van der Waals surface area contributed by atoms with Crippen LogP contribution in [-0.4, -0.2) is 12.9 Å². The van der Waals surface area contributed by atoms with E-state index in [9.17, 15) is 4.79 Å². The van der Waals surface area contributed by atoms with Gasteiger partial charge in [-0.3, -0.25) is 4.79 Å². The second-order valence-electron chi connectivity index (χ2n) is 6.65. The van der Waals surface area contributed by atoms with E-state index in [0.717, 1.165) is 23.4 Å². The molecule has 0 aliphatic carbocycles. The molecule has 0 radical (unpaired) electrons. The van der Waals surface area contributed by atoms with Crippen LogP contribution in [-0.2, 0) is 6.42 Å². The van der Waals surface area contributed by atoms with Gasteiger partial charge in [-0.1, -0.05) is 42.8 Å². The van der Waals surface area contributed by atoms with Crippen LogP contribution in [0, 0.1) is 0 Å². The van der Waals surface area contributed by atoms with Gasteiger partial charge >= 0.3 is 0 Å². The zero-order chi connectivity index (χ0) is 19.9. The Hall–Kier alpha value is -2.78. The summed E-state index contributed by atoms with van der Waals surface area (Å²) in [4.78, 5) is 12.8. The number of carbonyl (C=O) groups is 1. The molecule has 0 amide bonds. The van der Waals surface area contributed by atoms with Crippen LogP contribution in [0.15, 0.2) is 72.8 Å². The van der Waals surface area contributed by atoms with Crippen molar-refractivity contribution in [3.63, 3.8) is 0 Å². The molecular formula is C24H24ClNO2. The fourth-order valence-electron chi connectivity index (χ4n) is 3.07. The molecule has 3 rings (SSSR count). The largest absolute Gasteiger partial charge is 0.497 e. The Morgan fingerprint density at radius 2 is 1.61 bits per heavy atom. The van der Waals surface area contributed by atoms with Gasteiger partial charge in [-0.15, -0.1) is 0 Å². The Labute approximate surface area is 171 Å². The lowest BCUT2D eigenvalue weighted by Crippen LogP contribution is -2.16. The lowest BCUT2D eigenvalue weighted by atomic mass is 9.97. The van der Waals surface area contributed by atoms with Crippen molar-refractivity contribution in [3.8, 4) is 5.75 Å². The number of nitrogens with one attached hydrogen (secondary N) is 1. The number of hydrogen-bond acceptors (Lipinski definition) is 3. The summed E-state index contributed by atoms with van der Waals surface area (Å²) in [5, 5.41) is 4.13. The first kappa shape index (κ1) is 20.0. The third-order valence-electron chi connectivity index (χ3n) is 4.78. The Morgan fingerprint density at radius 3 is 2.18 bits per heavy atom. The first-order chi connectivity index (χ1) is 13.6. The highest BCUT2D eigenvalue weighted by Gasteiger charge is 2.18. The van der Waals surface area contributed by atoms with Crippen molar-refractivity contribution in [2.24, 2.45) is 0 Å². The van der Waals surface area contributed by atoms with Crippen molar-refractivity contribution in [2.75, 3.05) is 12.4 Å². The number of Topliss-reactive ketones (excluding diaryl/α,β-unsaturated/α-hetero) is 1. The summed E-state index contributed by atoms with van der Waals surface area (Å²) in [6.45, 7) is 2.13. The van der Waals surface area contributed by atoms with Crippen LogP contribution in [0.1, 0.15) is 40.9 Å². The number of halogens is 1. The number of anilines is 1. The summed E-state index contributed by atoms with van der Waals surface area (Å²) in [7, 11) is 1.64. The maximum atomic E-state index is 12.8. The molecule has 1 atom stereocenters. The van der Waals surface area contributed by atoms with Gasteiger partial charge in [0, 0.05) is 22.7 Å². The summed E-state index contributed by atoms with van der Waals surface area (Å²) >= 11 is 5.94. The van der Waals surface area contributed by atoms with Crippen molar-refractivity contribution in [2.45, 2.75) is 25.8 Å². The van der Waals surface area contributed by atoms with Crippen LogP contribution in [0.4, 0.5) is 5.69 Å². The maximum Gasteiger partial charge on any atom is 0.165 e. The molecule has 144 valence electrons. The fraction of sp³-hybridized carbons (Fsp3) is 0.208. The molecule has 3 nitrogen and oxygen atoms in total. The van der Waals surface area contributed by atoms with Crippen molar-refractivity contribution in [1.82, 2.24) is 0 Å². The highest BCUT2D eigenvalue weighted by Crippen LogP contribution is 2.27. The predicted octanol–water partition coefficient (Wildman–Crippen LogP) is 6.34. The van der Waals surface area contributed by atoms with Gasteiger partial charge in [-0.25, -0.2) is 0 Å². The number of ether oxygens (including phenoxy) is 1. The third kappa shape index (κ3) is 5.14. The molecule has 3 aromatic rings. The summed E-state index contributed by atoms with van der Waals surface area (Å²) in [5.74, 6) is 0.856. The van der Waals surface area contributed by atoms with Crippen molar-refractivity contribution < 1.29 is 9.53 Å². The van der Waals surface area contributed by atoms with Crippen LogP contribution < -0.4 is 10.1 Å². The van der Waals surface area contributed by atoms with Gasteiger partial charge in [0.25, 0.3) is 0 Å². The van der Waals surface area contributed by atoms with Gasteiger partial charge < -0.3 is 10.1 Å². The highest BCUT2D eigenvalue weighted by molar-refractivity contribution is 6.30. The van der Waals surface area contributed by atoms with Crippen LogP contribution >= 0.6 is 11.6 Å². The summed E-state index contributed by atoms with van der Waals surface area (Å²) in [6.07, 6.45) is 1.33. The Balaban J connectivity index is 1.83. The minimum atomic E-state index is -0.151. The summed E-state index contributed by atoms with van der Waals surface area (Å²) in [6, 6.07) is 23.0. The third-order valence-corrected chi connectivity index (χ3v) is 5.03. The number of carbonyl (C=O) groups excluding carboxylic acids is 1. The smallest absolute Gasteiger partial charge is 0.165 e. The van der Waals surface area contributed by atoms with E-state index in [1.165, 1.54) is 5.56 Å². The summed E-state index contributed by atoms with van der Waals surface area (Å²) < 4.78 is 5.25. The second-order valence-corrected chi connectivity index (χ2v) is 7.09. The quantitative estimate of drug-likeness (QED) is 0.454. The van der Waals surface area contributed by atoms with E-state index in [1.54, 1.807) is 31.4 Å². The zero-order valence-electron chi connectivity index (χ0n) is 16.1. The minimum Gasteiger partial charge on any atom is -0.497 e. The number of benzene rings is 3. The standard InChI is InChI=1S/C24H24ClNO2/c1-3-17-4-12-21(13-5-17)26-23(18-8-14-22(28-2)15-9-18)16-24(27)19-6-10-20(25)11-7-19/h4-15,23,26H,3,16H2,1-2H3. The van der Waals surface area contributed by atoms with Crippen LogP contribution in [0.5, 0.6) is 5.75 Å². The molecule has 0 aliphatic rings. The van der Waals surface area contributed by atoms with Gasteiger partial charge in [0.05, 0.1) is 13.2 Å². The topological polar surface area (TPSA) is 38.3 Å². The normalized spacial score (nSPS) is 11.7. The van der Waals surface area contributed by atoms with E-state index in [4.69, 9.17) is 16.3 Å². The first-order valence-electron chi connectivity index (χ1n) is 9.37. The van der Waals surface area contributed by atoms with E-state index in [0.29, 0.717) is 17.0 Å². The van der Waals surface area contributed by atoms with Crippen LogP contribution in [0.3, 0.4) is 0 Å². The molecule has 0 aliphatic heterocycles. The number of rotatable bonds is 8. The van der Waals surface area contributed by atoms with Crippen molar-refractivity contribution in [3.05, 3.63) is 94.5 Å². The molecule has 0 saturated carbocycles. The summed E-state index contributed by atoms with van der Waals surface area (Å²) in [5.41, 5.74) is 3.96. The highest BCUT2D eigenvalue weighted by atomic mass is 35.5. The molecule has 0 saturated heterocycles. The second kappa shape index (κ2) is 9.43. The molecule has 1 N–H and O–H groups in total. The van der Waals surface area contributed by atoms with E-state index in [2.05, 4.69) is 36.5 Å². The molecule has 0 bridgehead atoms. The molecular weight excluding hydrogens is 370 g/mol. The van der Waals surface area contributed by atoms with Gasteiger partial charge in [-0.05, 0) is 66.1 Å². The van der Waals surface area contributed by atoms with E-state index >= 15 is 0 Å². The SMILES string of the molecule is CCc1ccc(NC(CC(=O)c2ccc(Cl)cc2)c2ccc(OC)cc2)cc1. The van der Waals surface area contributed by atoms with E-state index in [1.807, 2.05) is 24.3 Å². The van der Waals surface area contributed by atoms with Crippen LogP contribution in [0.25, 0.3) is 0 Å². The Morgan fingerprint density at radius 1 is 0.964 bits per heavy atom. The van der Waals surface area contributed by atoms with Crippen LogP contribution in [0.2, 0.25) is 5.02 Å². The number of methoxy groups -OCH3 is 1.